The third-order valence-electron chi connectivity index (χ3n) is 4.56. The van der Waals surface area contributed by atoms with Crippen LogP contribution in [0.25, 0.3) is 5.57 Å². The summed E-state index contributed by atoms with van der Waals surface area (Å²) in [7, 11) is 1.60. The SMILES string of the molecule is CCCOc1ccc(C2=C(Nc3ccccc3)C(=O)N(CCCOC)C2=O)cc1. The Morgan fingerprint density at radius 3 is 2.31 bits per heavy atom. The lowest BCUT2D eigenvalue weighted by Crippen LogP contribution is -2.33. The number of imide groups is 1. The Bertz CT molecular complexity index is 876. The number of nitrogens with one attached hydrogen (secondary N) is 1. The van der Waals surface area contributed by atoms with Gasteiger partial charge in [0.05, 0.1) is 12.2 Å². The molecule has 0 spiro atoms. The van der Waals surface area contributed by atoms with Gasteiger partial charge in [0.25, 0.3) is 11.8 Å². The second-order valence-corrected chi connectivity index (χ2v) is 6.72. The fourth-order valence-electron chi connectivity index (χ4n) is 3.13. The number of ether oxygens (including phenoxy) is 2. The van der Waals surface area contributed by atoms with Crippen molar-refractivity contribution in [3.63, 3.8) is 0 Å². The standard InChI is InChI=1S/C23H26N2O4/c1-3-15-29-19-12-10-17(11-13-19)20-21(24-18-8-5-4-6-9-18)23(27)25(22(20)26)14-7-16-28-2/h4-6,8-13,24H,3,7,14-16H2,1-2H3. The summed E-state index contributed by atoms with van der Waals surface area (Å²) in [5.74, 6) is 0.116. The molecule has 3 rings (SSSR count). The third kappa shape index (κ3) is 4.84. The van der Waals surface area contributed by atoms with Crippen molar-refractivity contribution in [2.75, 3.05) is 32.2 Å². The van der Waals surface area contributed by atoms with E-state index in [0.717, 1.165) is 17.9 Å². The molecule has 152 valence electrons. The quantitative estimate of drug-likeness (QED) is 0.492. The molecule has 0 saturated heterocycles. The van der Waals surface area contributed by atoms with Crippen molar-refractivity contribution in [3.8, 4) is 5.75 Å². The smallest absolute Gasteiger partial charge is 0.278 e. The number of carbonyl (C=O) groups is 2. The van der Waals surface area contributed by atoms with Gasteiger partial charge >= 0.3 is 0 Å². The molecule has 1 N–H and O–H groups in total. The average Bonchev–Trinajstić information content (AvgIpc) is 2.98. The zero-order chi connectivity index (χ0) is 20.6. The van der Waals surface area contributed by atoms with Gasteiger partial charge < -0.3 is 14.8 Å². The molecule has 6 nitrogen and oxygen atoms in total. The van der Waals surface area contributed by atoms with Crippen LogP contribution >= 0.6 is 0 Å². The van der Waals surface area contributed by atoms with Gasteiger partial charge in [0.1, 0.15) is 11.4 Å². The molecular weight excluding hydrogens is 368 g/mol. The van der Waals surface area contributed by atoms with Crippen molar-refractivity contribution in [1.29, 1.82) is 0 Å². The number of carbonyl (C=O) groups excluding carboxylic acids is 2. The highest BCUT2D eigenvalue weighted by Gasteiger charge is 2.38. The van der Waals surface area contributed by atoms with Crippen LogP contribution < -0.4 is 10.1 Å². The molecular formula is C23H26N2O4. The number of methoxy groups -OCH3 is 1. The topological polar surface area (TPSA) is 67.9 Å². The summed E-state index contributed by atoms with van der Waals surface area (Å²) in [5.41, 5.74) is 2.10. The molecule has 0 unspecified atom stereocenters. The molecule has 0 aliphatic carbocycles. The Morgan fingerprint density at radius 1 is 0.931 bits per heavy atom. The largest absolute Gasteiger partial charge is 0.494 e. The summed E-state index contributed by atoms with van der Waals surface area (Å²) in [6.07, 6.45) is 1.51. The van der Waals surface area contributed by atoms with Crippen LogP contribution in [0.3, 0.4) is 0 Å². The molecule has 2 amide bonds. The Labute approximate surface area is 171 Å². The maximum Gasteiger partial charge on any atom is 0.278 e. The number of hydrogen-bond donors (Lipinski definition) is 1. The lowest BCUT2D eigenvalue weighted by molar-refractivity contribution is -0.136. The van der Waals surface area contributed by atoms with Crippen molar-refractivity contribution >= 4 is 23.1 Å². The maximum atomic E-state index is 13.1. The third-order valence-corrected chi connectivity index (χ3v) is 4.56. The first kappa shape index (κ1) is 20.6. The first-order valence-electron chi connectivity index (χ1n) is 9.80. The summed E-state index contributed by atoms with van der Waals surface area (Å²) in [6, 6.07) is 16.6. The minimum Gasteiger partial charge on any atom is -0.494 e. The van der Waals surface area contributed by atoms with Crippen LogP contribution in [-0.2, 0) is 14.3 Å². The highest BCUT2D eigenvalue weighted by Crippen LogP contribution is 2.31. The molecule has 0 aromatic heterocycles. The van der Waals surface area contributed by atoms with E-state index >= 15 is 0 Å². The average molecular weight is 394 g/mol. The summed E-state index contributed by atoms with van der Waals surface area (Å²) in [5, 5.41) is 3.14. The summed E-state index contributed by atoms with van der Waals surface area (Å²) >= 11 is 0. The summed E-state index contributed by atoms with van der Waals surface area (Å²) in [6.45, 7) is 3.47. The Kier molecular flexibility index (Phi) is 7.03. The maximum absolute atomic E-state index is 13.1. The lowest BCUT2D eigenvalue weighted by Gasteiger charge is -2.15. The molecule has 0 saturated carbocycles. The van der Waals surface area contributed by atoms with Gasteiger partial charge in [-0.1, -0.05) is 37.3 Å². The van der Waals surface area contributed by atoms with Crippen LogP contribution in [0.2, 0.25) is 0 Å². The van der Waals surface area contributed by atoms with E-state index in [1.54, 1.807) is 7.11 Å². The van der Waals surface area contributed by atoms with E-state index in [1.165, 1.54) is 4.90 Å². The van der Waals surface area contributed by atoms with Crippen molar-refractivity contribution in [2.24, 2.45) is 0 Å². The van der Waals surface area contributed by atoms with Gasteiger partial charge in [0.15, 0.2) is 0 Å². The summed E-state index contributed by atoms with van der Waals surface area (Å²) in [4.78, 5) is 27.4. The molecule has 0 bridgehead atoms. The van der Waals surface area contributed by atoms with Crippen LogP contribution in [0, 0.1) is 0 Å². The predicted octanol–water partition coefficient (Wildman–Crippen LogP) is 3.70. The molecule has 1 aliphatic rings. The second kappa shape index (κ2) is 9.89. The zero-order valence-corrected chi connectivity index (χ0v) is 16.8. The first-order valence-corrected chi connectivity index (χ1v) is 9.80. The van der Waals surface area contributed by atoms with Gasteiger partial charge in [0, 0.05) is 25.9 Å². The fraction of sp³-hybridized carbons (Fsp3) is 0.304. The van der Waals surface area contributed by atoms with Gasteiger partial charge in [-0.05, 0) is 42.7 Å². The van der Waals surface area contributed by atoms with Crippen molar-refractivity contribution in [2.45, 2.75) is 19.8 Å². The Hall–Kier alpha value is -3.12. The second-order valence-electron chi connectivity index (χ2n) is 6.72. The van der Waals surface area contributed by atoms with E-state index in [1.807, 2.05) is 61.5 Å². The van der Waals surface area contributed by atoms with E-state index in [-0.39, 0.29) is 11.8 Å². The van der Waals surface area contributed by atoms with E-state index < -0.39 is 0 Å². The predicted molar refractivity (Wildman–Crippen MR) is 112 cm³/mol. The van der Waals surface area contributed by atoms with Gasteiger partial charge in [-0.2, -0.15) is 0 Å². The minimum atomic E-state index is -0.323. The monoisotopic (exact) mass is 394 g/mol. The van der Waals surface area contributed by atoms with Crippen LogP contribution in [0.5, 0.6) is 5.75 Å². The highest BCUT2D eigenvalue weighted by molar-refractivity contribution is 6.36. The fourth-order valence-corrected chi connectivity index (χ4v) is 3.13. The number of benzene rings is 2. The number of hydrogen-bond acceptors (Lipinski definition) is 5. The minimum absolute atomic E-state index is 0.292. The molecule has 0 fully saturated rings. The summed E-state index contributed by atoms with van der Waals surface area (Å²) < 4.78 is 10.7. The van der Waals surface area contributed by atoms with Gasteiger partial charge in [-0.15, -0.1) is 0 Å². The zero-order valence-electron chi connectivity index (χ0n) is 16.8. The van der Waals surface area contributed by atoms with Gasteiger partial charge in [-0.25, -0.2) is 0 Å². The van der Waals surface area contributed by atoms with Gasteiger partial charge in [-0.3, -0.25) is 14.5 Å². The molecule has 29 heavy (non-hydrogen) atoms. The van der Waals surface area contributed by atoms with Crippen LogP contribution in [0.1, 0.15) is 25.3 Å². The number of amides is 2. The van der Waals surface area contributed by atoms with Crippen LogP contribution in [0.4, 0.5) is 5.69 Å². The first-order chi connectivity index (χ1) is 14.2. The van der Waals surface area contributed by atoms with Crippen molar-refractivity contribution in [3.05, 3.63) is 65.9 Å². The van der Waals surface area contributed by atoms with E-state index in [2.05, 4.69) is 5.32 Å². The van der Waals surface area contributed by atoms with Crippen molar-refractivity contribution in [1.82, 2.24) is 4.90 Å². The normalized spacial score (nSPS) is 13.9. The molecule has 0 radical (unpaired) electrons. The number of rotatable bonds is 10. The van der Waals surface area contributed by atoms with Gasteiger partial charge in [0.2, 0.25) is 0 Å². The molecule has 2 aromatic carbocycles. The molecule has 6 heteroatoms. The molecule has 2 aromatic rings. The lowest BCUT2D eigenvalue weighted by atomic mass is 10.0. The molecule has 1 heterocycles. The van der Waals surface area contributed by atoms with E-state index in [4.69, 9.17) is 9.47 Å². The van der Waals surface area contributed by atoms with Crippen LogP contribution in [0.15, 0.2) is 60.3 Å². The van der Waals surface area contributed by atoms with Crippen molar-refractivity contribution < 1.29 is 19.1 Å². The van der Waals surface area contributed by atoms with E-state index in [9.17, 15) is 9.59 Å². The molecule has 0 atom stereocenters. The Morgan fingerprint density at radius 2 is 1.66 bits per heavy atom. The van der Waals surface area contributed by atoms with Crippen LogP contribution in [-0.4, -0.2) is 43.6 Å². The number of nitrogens with zero attached hydrogens (tertiary/aromatic N) is 1. The number of para-hydroxylation sites is 1. The van der Waals surface area contributed by atoms with E-state index in [0.29, 0.717) is 43.0 Å². The molecule has 1 aliphatic heterocycles. The number of anilines is 1. The Balaban J connectivity index is 1.92. The highest BCUT2D eigenvalue weighted by atomic mass is 16.5.